The van der Waals surface area contributed by atoms with Crippen LogP contribution in [-0.4, -0.2) is 61.6 Å². The molecule has 0 radical (unpaired) electrons. The zero-order chi connectivity index (χ0) is 26.9. The molecule has 3 heterocycles. The summed E-state index contributed by atoms with van der Waals surface area (Å²) in [4.78, 5) is 5.31. The molecule has 1 N–H and O–H groups in total. The maximum atomic E-state index is 5.96. The average molecular weight is 595 g/mol. The van der Waals surface area contributed by atoms with Crippen molar-refractivity contribution in [2.24, 2.45) is 17.8 Å². The standard InChI is InChI=1S/C34H48N4OS.H2S/c1-36(30-10-6-11-30)40-39-32-15-13-31(14-16-32)38-24-26(25-38)23-37-21-18-29(19-22-37)34(28-8-3-4-9-28)33-12-5-2-7-27(33)17-20-35-34;/h2,5,7,12-16,26,28-30,35H,3-4,6,8-11,17-25H2,1H3;1H2. The Labute approximate surface area is 259 Å². The Kier molecular flexibility index (Phi) is 9.48. The van der Waals surface area contributed by atoms with E-state index in [0.29, 0.717) is 6.04 Å². The molecule has 2 aromatic rings. The van der Waals surface area contributed by atoms with Gasteiger partial charge in [0, 0.05) is 56.4 Å². The third-order valence-electron chi connectivity index (χ3n) is 11.0. The van der Waals surface area contributed by atoms with Gasteiger partial charge in [0.2, 0.25) is 0 Å². The summed E-state index contributed by atoms with van der Waals surface area (Å²) in [5.74, 6) is 3.31. The van der Waals surface area contributed by atoms with Gasteiger partial charge in [0.25, 0.3) is 0 Å². The van der Waals surface area contributed by atoms with Gasteiger partial charge in [0.1, 0.15) is 18.0 Å². The number of hydrogen-bond donors (Lipinski definition) is 1. The van der Waals surface area contributed by atoms with Gasteiger partial charge in [-0.2, -0.15) is 13.5 Å². The first kappa shape index (κ1) is 29.7. The number of anilines is 1. The Bertz CT molecular complexity index is 1120. The van der Waals surface area contributed by atoms with Crippen molar-refractivity contribution in [2.75, 3.05) is 51.2 Å². The lowest BCUT2D eigenvalue weighted by atomic mass is 9.63. The number of benzene rings is 2. The monoisotopic (exact) mass is 594 g/mol. The van der Waals surface area contributed by atoms with Crippen molar-refractivity contribution in [1.29, 1.82) is 0 Å². The number of rotatable bonds is 9. The Hall–Kier alpha value is -1.38. The molecular weight excluding hydrogens is 545 g/mol. The van der Waals surface area contributed by atoms with Crippen LogP contribution in [0.4, 0.5) is 5.69 Å². The third-order valence-corrected chi connectivity index (χ3v) is 11.8. The number of piperidine rings is 1. The van der Waals surface area contributed by atoms with E-state index in [1.54, 1.807) is 11.1 Å². The lowest BCUT2D eigenvalue weighted by Gasteiger charge is -2.53. The van der Waals surface area contributed by atoms with Crippen molar-refractivity contribution in [3.05, 3.63) is 59.7 Å². The van der Waals surface area contributed by atoms with Crippen LogP contribution in [0.2, 0.25) is 0 Å². The van der Waals surface area contributed by atoms with Gasteiger partial charge < -0.3 is 19.3 Å². The number of likely N-dealkylation sites (tertiary alicyclic amines) is 1. The lowest BCUT2D eigenvalue weighted by Crippen LogP contribution is -2.59. The molecule has 2 saturated carbocycles. The quantitative estimate of drug-likeness (QED) is 0.260. The van der Waals surface area contributed by atoms with Gasteiger partial charge >= 0.3 is 0 Å². The van der Waals surface area contributed by atoms with Crippen LogP contribution in [0.5, 0.6) is 5.75 Å². The summed E-state index contributed by atoms with van der Waals surface area (Å²) in [7, 11) is 2.14. The summed E-state index contributed by atoms with van der Waals surface area (Å²) < 4.78 is 8.22. The molecule has 7 heteroatoms. The van der Waals surface area contributed by atoms with Crippen LogP contribution in [0.1, 0.15) is 68.9 Å². The highest BCUT2D eigenvalue weighted by Crippen LogP contribution is 2.50. The molecule has 7 rings (SSSR count). The molecule has 4 fully saturated rings. The van der Waals surface area contributed by atoms with Gasteiger partial charge in [-0.3, -0.25) is 0 Å². The van der Waals surface area contributed by atoms with E-state index >= 15 is 0 Å². The number of nitrogens with zero attached hydrogens (tertiary/aromatic N) is 3. The molecule has 1 unspecified atom stereocenters. The smallest absolute Gasteiger partial charge is 0.146 e. The van der Waals surface area contributed by atoms with Crippen molar-refractivity contribution < 1.29 is 4.18 Å². The predicted octanol–water partition coefficient (Wildman–Crippen LogP) is 6.61. The van der Waals surface area contributed by atoms with Crippen molar-refractivity contribution in [3.63, 3.8) is 0 Å². The molecule has 0 spiro atoms. The lowest BCUT2D eigenvalue weighted by molar-refractivity contribution is 0.0492. The van der Waals surface area contributed by atoms with Gasteiger partial charge in [-0.1, -0.05) is 43.5 Å². The first-order valence-corrected chi connectivity index (χ1v) is 16.9. The molecule has 1 atom stereocenters. The van der Waals surface area contributed by atoms with Gasteiger partial charge in [-0.15, -0.1) is 0 Å². The molecule has 2 aromatic carbocycles. The van der Waals surface area contributed by atoms with Crippen LogP contribution in [0.15, 0.2) is 48.5 Å². The van der Waals surface area contributed by atoms with Gasteiger partial charge in [0.15, 0.2) is 0 Å². The molecule has 5 nitrogen and oxygen atoms in total. The zero-order valence-corrected chi connectivity index (χ0v) is 26.7. The summed E-state index contributed by atoms with van der Waals surface area (Å²) in [6.45, 7) is 7.29. The van der Waals surface area contributed by atoms with E-state index in [2.05, 4.69) is 75.0 Å². The van der Waals surface area contributed by atoms with E-state index in [4.69, 9.17) is 4.18 Å². The van der Waals surface area contributed by atoms with E-state index in [1.165, 1.54) is 115 Å². The number of fused-ring (bicyclic) bond motifs is 1. The van der Waals surface area contributed by atoms with Crippen LogP contribution >= 0.6 is 25.7 Å². The highest BCUT2D eigenvalue weighted by molar-refractivity contribution is 7.92. The minimum absolute atomic E-state index is 0. The van der Waals surface area contributed by atoms with Crippen LogP contribution in [-0.2, 0) is 12.0 Å². The summed E-state index contributed by atoms with van der Waals surface area (Å²) in [5.41, 5.74) is 4.82. The fraction of sp³-hybridized carbons (Fsp3) is 0.647. The zero-order valence-electron chi connectivity index (χ0n) is 24.9. The normalized spacial score (nSPS) is 26.3. The molecular formula is C34H50N4OS2. The molecule has 2 saturated heterocycles. The largest absolute Gasteiger partial charge is 0.409 e. The maximum Gasteiger partial charge on any atom is 0.146 e. The van der Waals surface area contributed by atoms with Crippen molar-refractivity contribution in [3.8, 4) is 5.75 Å². The molecule has 0 amide bonds. The minimum atomic E-state index is 0. The third kappa shape index (κ3) is 6.04. The fourth-order valence-electron chi connectivity index (χ4n) is 8.54. The summed E-state index contributed by atoms with van der Waals surface area (Å²) in [6.07, 6.45) is 13.5. The summed E-state index contributed by atoms with van der Waals surface area (Å²) in [5, 5.41) is 4.19. The average Bonchev–Trinajstić information content (AvgIpc) is 3.49. The Morgan fingerprint density at radius 2 is 1.61 bits per heavy atom. The Morgan fingerprint density at radius 1 is 0.902 bits per heavy atom. The second kappa shape index (κ2) is 13.1. The van der Waals surface area contributed by atoms with E-state index in [9.17, 15) is 0 Å². The second-order valence-electron chi connectivity index (χ2n) is 13.3. The van der Waals surface area contributed by atoms with Gasteiger partial charge in [-0.25, -0.2) is 4.31 Å². The molecule has 0 bridgehead atoms. The maximum absolute atomic E-state index is 5.96. The first-order chi connectivity index (χ1) is 19.7. The van der Waals surface area contributed by atoms with Crippen molar-refractivity contribution in [2.45, 2.75) is 75.8 Å². The van der Waals surface area contributed by atoms with E-state index in [-0.39, 0.29) is 19.0 Å². The number of nitrogens with one attached hydrogen (secondary N) is 1. The SMILES string of the molecule is CN(SOc1ccc(N2CC(CN3CCC(C4(C5CCCC5)NCCc5ccccc54)CC3)C2)cc1)C1CCC1.S. The minimum Gasteiger partial charge on any atom is -0.409 e. The van der Waals surface area contributed by atoms with Gasteiger partial charge in [-0.05, 0) is 105 Å². The van der Waals surface area contributed by atoms with E-state index in [0.717, 1.165) is 30.0 Å². The highest BCUT2D eigenvalue weighted by atomic mass is 32.2. The summed E-state index contributed by atoms with van der Waals surface area (Å²) in [6, 6.07) is 18.8. The summed E-state index contributed by atoms with van der Waals surface area (Å²) >= 11 is 1.49. The van der Waals surface area contributed by atoms with Gasteiger partial charge in [0.05, 0.1) is 0 Å². The Morgan fingerprint density at radius 3 is 2.32 bits per heavy atom. The van der Waals surface area contributed by atoms with Crippen molar-refractivity contribution >= 4 is 31.4 Å². The first-order valence-electron chi connectivity index (χ1n) is 16.2. The van der Waals surface area contributed by atoms with Crippen molar-refractivity contribution in [1.82, 2.24) is 14.5 Å². The topological polar surface area (TPSA) is 31.0 Å². The van der Waals surface area contributed by atoms with Crippen LogP contribution in [0.25, 0.3) is 0 Å². The van der Waals surface area contributed by atoms with E-state index < -0.39 is 0 Å². The fourth-order valence-corrected chi connectivity index (χ4v) is 9.19. The van der Waals surface area contributed by atoms with Crippen LogP contribution in [0.3, 0.4) is 0 Å². The second-order valence-corrected chi connectivity index (χ2v) is 14.2. The predicted molar refractivity (Wildman–Crippen MR) is 177 cm³/mol. The molecule has 2 aliphatic carbocycles. The Balaban J connectivity index is 0.00000302. The number of hydrogen-bond acceptors (Lipinski definition) is 6. The molecule has 224 valence electrons. The molecule has 41 heavy (non-hydrogen) atoms. The van der Waals surface area contributed by atoms with Crippen LogP contribution < -0.4 is 14.4 Å². The molecule has 0 aromatic heterocycles. The van der Waals surface area contributed by atoms with Crippen LogP contribution in [0, 0.1) is 17.8 Å². The van der Waals surface area contributed by atoms with E-state index in [1.807, 2.05) is 0 Å². The molecule has 3 aliphatic heterocycles. The highest BCUT2D eigenvalue weighted by Gasteiger charge is 2.50. The molecule has 5 aliphatic rings.